The topological polar surface area (TPSA) is 66.5 Å². The van der Waals surface area contributed by atoms with Crippen LogP contribution in [-0.4, -0.2) is 37.3 Å². The summed E-state index contributed by atoms with van der Waals surface area (Å²) in [6.45, 7) is 2.40. The second-order valence-corrected chi connectivity index (χ2v) is 10.9. The fourth-order valence-corrected chi connectivity index (χ4v) is 7.32. The van der Waals surface area contributed by atoms with E-state index >= 15 is 0 Å². The maximum Gasteiger partial charge on any atom is 0.243 e. The molecule has 5 nitrogen and oxygen atoms in total. The molecule has 0 spiro atoms. The van der Waals surface area contributed by atoms with Crippen molar-refractivity contribution in [3.63, 3.8) is 0 Å². The summed E-state index contributed by atoms with van der Waals surface area (Å²) in [5.41, 5.74) is 0.928. The molecule has 0 aromatic heterocycles. The lowest BCUT2D eigenvalue weighted by molar-refractivity contribution is -0.123. The van der Waals surface area contributed by atoms with Crippen LogP contribution in [0.5, 0.6) is 0 Å². The van der Waals surface area contributed by atoms with Crippen LogP contribution in [-0.2, 0) is 14.8 Å². The second-order valence-electron chi connectivity index (χ2n) is 8.98. The summed E-state index contributed by atoms with van der Waals surface area (Å²) in [5.74, 6) is 1.49. The molecule has 3 unspecified atom stereocenters. The summed E-state index contributed by atoms with van der Waals surface area (Å²) >= 11 is 0. The van der Waals surface area contributed by atoms with Crippen LogP contribution in [0.25, 0.3) is 0 Å². The maximum absolute atomic E-state index is 13.1. The van der Waals surface area contributed by atoms with Crippen molar-refractivity contribution >= 4 is 15.9 Å². The van der Waals surface area contributed by atoms with E-state index in [1.54, 1.807) is 22.5 Å². The summed E-state index contributed by atoms with van der Waals surface area (Å²) in [5, 5.41) is 3.26. The first kappa shape index (κ1) is 22.3. The summed E-state index contributed by atoms with van der Waals surface area (Å²) in [6, 6.07) is 7.10. The van der Waals surface area contributed by atoms with Crippen molar-refractivity contribution in [2.75, 3.05) is 6.54 Å². The van der Waals surface area contributed by atoms with Gasteiger partial charge in [-0.1, -0.05) is 32.4 Å². The van der Waals surface area contributed by atoms with Crippen LogP contribution in [0.1, 0.15) is 63.4 Å². The van der Waals surface area contributed by atoms with Gasteiger partial charge in [0.1, 0.15) is 0 Å². The van der Waals surface area contributed by atoms with Crippen molar-refractivity contribution in [3.8, 4) is 0 Å². The third-order valence-electron chi connectivity index (χ3n) is 6.96. The Morgan fingerprint density at radius 3 is 2.76 bits per heavy atom. The largest absolute Gasteiger partial charge is 0.353 e. The van der Waals surface area contributed by atoms with E-state index in [0.717, 1.165) is 30.7 Å². The Labute approximate surface area is 176 Å². The van der Waals surface area contributed by atoms with Crippen LogP contribution in [0.15, 0.2) is 29.2 Å². The molecule has 1 saturated heterocycles. The molecule has 160 valence electrons. The predicted octanol–water partition coefficient (Wildman–Crippen LogP) is 3.95. The van der Waals surface area contributed by atoms with Gasteiger partial charge in [-0.05, 0) is 75.0 Å². The van der Waals surface area contributed by atoms with Gasteiger partial charge in [0.15, 0.2) is 0 Å². The van der Waals surface area contributed by atoms with Gasteiger partial charge in [-0.15, -0.1) is 0 Å². The Bertz CT molecular complexity index is 823. The highest BCUT2D eigenvalue weighted by atomic mass is 32.2. The molecule has 3 aliphatic rings. The average Bonchev–Trinajstić information content (AvgIpc) is 3.13. The van der Waals surface area contributed by atoms with Crippen LogP contribution in [0.3, 0.4) is 0 Å². The number of nitrogens with one attached hydrogen (secondary N) is 1. The number of rotatable bonds is 5. The number of benzene rings is 1. The molecule has 4 rings (SSSR count). The van der Waals surface area contributed by atoms with Gasteiger partial charge < -0.3 is 5.32 Å². The number of carbonyl (C=O) groups excluding carboxylic acids is 1. The summed E-state index contributed by atoms with van der Waals surface area (Å²) in [6.07, 6.45) is 9.26. The first-order valence-corrected chi connectivity index (χ1v) is 12.3. The van der Waals surface area contributed by atoms with Crippen LogP contribution in [0.4, 0.5) is 0 Å². The van der Waals surface area contributed by atoms with Gasteiger partial charge in [0.2, 0.25) is 15.9 Å². The Morgan fingerprint density at radius 2 is 1.97 bits per heavy atom. The summed E-state index contributed by atoms with van der Waals surface area (Å²) in [7, 11) is -3.55. The van der Waals surface area contributed by atoms with E-state index in [-0.39, 0.29) is 31.8 Å². The quantitative estimate of drug-likeness (QED) is 0.787. The second kappa shape index (κ2) is 9.17. The molecule has 2 bridgehead atoms. The third kappa shape index (κ3) is 4.85. The van der Waals surface area contributed by atoms with Gasteiger partial charge in [-0.3, -0.25) is 4.79 Å². The summed E-state index contributed by atoms with van der Waals surface area (Å²) < 4.78 is 27.8. The molecule has 3 fully saturated rings. The number of nitrogens with zero attached hydrogens (tertiary/aromatic N) is 1. The zero-order valence-electron chi connectivity index (χ0n) is 17.5. The van der Waals surface area contributed by atoms with E-state index in [2.05, 4.69) is 5.32 Å². The molecule has 6 heteroatoms. The monoisotopic (exact) mass is 418 g/mol. The number of hydrogen-bond donors (Lipinski definition) is 1. The molecule has 1 aliphatic heterocycles. The van der Waals surface area contributed by atoms with Crippen molar-refractivity contribution in [2.24, 2.45) is 11.8 Å². The minimum Gasteiger partial charge on any atom is -0.353 e. The van der Waals surface area contributed by atoms with Crippen molar-refractivity contribution in [2.45, 2.75) is 81.7 Å². The molecule has 2 saturated carbocycles. The zero-order chi connectivity index (χ0) is 19.7. The molecule has 2 radical (unpaired) electrons. The lowest BCUT2D eigenvalue weighted by Gasteiger charge is -2.40. The van der Waals surface area contributed by atoms with E-state index in [1.807, 2.05) is 13.0 Å². The van der Waals surface area contributed by atoms with Crippen molar-refractivity contribution in [1.29, 1.82) is 0 Å². The van der Waals surface area contributed by atoms with Gasteiger partial charge >= 0.3 is 0 Å². The minimum absolute atomic E-state index is 0. The van der Waals surface area contributed by atoms with Crippen molar-refractivity contribution in [1.82, 2.24) is 9.62 Å². The molecule has 1 heterocycles. The number of amides is 1. The first-order valence-electron chi connectivity index (χ1n) is 10.8. The number of sulfonamides is 1. The number of carbonyl (C=O) groups is 1. The normalized spacial score (nSPS) is 29.8. The van der Waals surface area contributed by atoms with E-state index in [4.69, 9.17) is 0 Å². The number of hydrogen-bond acceptors (Lipinski definition) is 3. The molecule has 2 aliphatic carbocycles. The first-order chi connectivity index (χ1) is 13.4. The molecular formula is C23H34N2O3S. The van der Waals surface area contributed by atoms with E-state index in [1.165, 1.54) is 32.1 Å². The van der Waals surface area contributed by atoms with E-state index in [9.17, 15) is 13.2 Å². The number of fused-ring (bicyclic) bond motifs is 2. The van der Waals surface area contributed by atoms with Crippen molar-refractivity contribution in [3.05, 3.63) is 37.3 Å². The Hall–Kier alpha value is -1.40. The van der Waals surface area contributed by atoms with Crippen LogP contribution < -0.4 is 5.32 Å². The highest BCUT2D eigenvalue weighted by Gasteiger charge is 2.38. The van der Waals surface area contributed by atoms with Gasteiger partial charge in [0, 0.05) is 25.0 Å². The third-order valence-corrected chi connectivity index (χ3v) is 8.91. The molecule has 4 atom stereocenters. The highest BCUT2D eigenvalue weighted by Crippen LogP contribution is 2.40. The highest BCUT2D eigenvalue weighted by molar-refractivity contribution is 7.89. The van der Waals surface area contributed by atoms with Crippen molar-refractivity contribution < 1.29 is 13.2 Å². The molecule has 1 aromatic rings. The van der Waals surface area contributed by atoms with Crippen LogP contribution in [0, 0.1) is 26.2 Å². The minimum atomic E-state index is -3.55. The molecular weight excluding hydrogens is 384 g/mol. The van der Waals surface area contributed by atoms with Gasteiger partial charge in [0.05, 0.1) is 4.90 Å². The van der Waals surface area contributed by atoms with Crippen LogP contribution >= 0.6 is 0 Å². The molecule has 1 N–H and O–H groups in total. The van der Waals surface area contributed by atoms with Gasteiger partial charge in [0.25, 0.3) is 0 Å². The van der Waals surface area contributed by atoms with E-state index < -0.39 is 10.0 Å². The summed E-state index contributed by atoms with van der Waals surface area (Å²) in [4.78, 5) is 13.1. The standard InChI is InChI=1S/C22H32N2O3S.CH2/c1-16-5-2-9-20(13-16)28(26,27)24-12-4-8-19(24)15-22(25)23-21-11-10-17-6-3-7-18(21)14-17;/h2,5,9,13,17-19,21H,3-4,6-8,10-12,14-15H2,1H3,(H,23,25);1H2/t17?,18?,19-,21?;/m1./s1. The fourth-order valence-electron chi connectivity index (χ4n) is 5.52. The Morgan fingerprint density at radius 1 is 1.14 bits per heavy atom. The zero-order valence-corrected chi connectivity index (χ0v) is 18.3. The van der Waals surface area contributed by atoms with Gasteiger partial charge in [-0.2, -0.15) is 4.31 Å². The average molecular weight is 419 g/mol. The molecule has 1 aromatic carbocycles. The maximum atomic E-state index is 13.1. The Balaban J connectivity index is 0.00000240. The van der Waals surface area contributed by atoms with Gasteiger partial charge in [-0.25, -0.2) is 8.42 Å². The molecule has 29 heavy (non-hydrogen) atoms. The SMILES string of the molecule is Cc1cccc(S(=O)(=O)N2CCC[C@@H]2CC(=O)NC2CCC3CCCC2C3)c1.[CH2]. The lowest BCUT2D eigenvalue weighted by Crippen LogP contribution is -2.47. The number of aryl methyl sites for hydroxylation is 1. The van der Waals surface area contributed by atoms with E-state index in [0.29, 0.717) is 17.4 Å². The smallest absolute Gasteiger partial charge is 0.243 e. The van der Waals surface area contributed by atoms with Crippen LogP contribution in [0.2, 0.25) is 0 Å². The Kier molecular flexibility index (Phi) is 7.05. The fraction of sp³-hybridized carbons (Fsp3) is 0.652. The predicted molar refractivity (Wildman–Crippen MR) is 115 cm³/mol. The lowest BCUT2D eigenvalue weighted by atomic mass is 9.70. The molecule has 1 amide bonds.